The lowest BCUT2D eigenvalue weighted by Crippen LogP contribution is -2.15. The summed E-state index contributed by atoms with van der Waals surface area (Å²) in [6, 6.07) is 6.91. The van der Waals surface area contributed by atoms with Crippen LogP contribution < -0.4 is 10.9 Å². The summed E-state index contributed by atoms with van der Waals surface area (Å²) >= 11 is 0. The molecule has 20 heavy (non-hydrogen) atoms. The summed E-state index contributed by atoms with van der Waals surface area (Å²) < 4.78 is 0. The van der Waals surface area contributed by atoms with Crippen LogP contribution in [0.15, 0.2) is 41.3 Å². The Morgan fingerprint density at radius 2 is 2.05 bits per heavy atom. The highest BCUT2D eigenvalue weighted by molar-refractivity contribution is 6.04. The number of rotatable bonds is 3. The standard InChI is InChI=1S/C13H11N3O4/c1-8-6-10(2-3-11(8)16(19)20)15-13(18)9-4-5-14-12(17)7-9/h2-7H,1H3,(H,14,17)(H,15,18). The molecule has 2 rings (SSSR count). The molecule has 0 aliphatic rings. The third kappa shape index (κ3) is 2.89. The maximum absolute atomic E-state index is 11.9. The van der Waals surface area contributed by atoms with Crippen molar-refractivity contribution in [2.24, 2.45) is 0 Å². The van der Waals surface area contributed by atoms with Crippen LogP contribution in [0, 0.1) is 17.0 Å². The average Bonchev–Trinajstić information content (AvgIpc) is 2.38. The molecule has 7 heteroatoms. The molecular weight excluding hydrogens is 262 g/mol. The average molecular weight is 273 g/mol. The van der Waals surface area contributed by atoms with E-state index in [-0.39, 0.29) is 16.8 Å². The van der Waals surface area contributed by atoms with Crippen LogP contribution in [0.5, 0.6) is 0 Å². The second kappa shape index (κ2) is 5.35. The number of aryl methyl sites for hydroxylation is 1. The van der Waals surface area contributed by atoms with Gasteiger partial charge < -0.3 is 10.3 Å². The van der Waals surface area contributed by atoms with E-state index >= 15 is 0 Å². The number of hydrogen-bond donors (Lipinski definition) is 2. The highest BCUT2D eigenvalue weighted by Gasteiger charge is 2.12. The first-order chi connectivity index (χ1) is 9.47. The molecule has 1 aromatic heterocycles. The Labute approximate surface area is 113 Å². The van der Waals surface area contributed by atoms with Crippen LogP contribution in [0.2, 0.25) is 0 Å². The van der Waals surface area contributed by atoms with Crippen molar-refractivity contribution in [1.82, 2.24) is 4.98 Å². The predicted octanol–water partition coefficient (Wildman–Crippen LogP) is 1.84. The minimum Gasteiger partial charge on any atom is -0.329 e. The number of hydrogen-bond acceptors (Lipinski definition) is 4. The fraction of sp³-hybridized carbons (Fsp3) is 0.0769. The summed E-state index contributed by atoms with van der Waals surface area (Å²) in [5.41, 5.74) is 0.693. The van der Waals surface area contributed by atoms with Crippen LogP contribution >= 0.6 is 0 Å². The van der Waals surface area contributed by atoms with Crippen LogP contribution in [0.3, 0.4) is 0 Å². The first kappa shape index (κ1) is 13.5. The normalized spacial score (nSPS) is 10.1. The van der Waals surface area contributed by atoms with Crippen LogP contribution in [-0.2, 0) is 0 Å². The van der Waals surface area contributed by atoms with E-state index in [4.69, 9.17) is 0 Å². The van der Waals surface area contributed by atoms with E-state index in [0.717, 1.165) is 0 Å². The second-order valence-corrected chi connectivity index (χ2v) is 4.15. The summed E-state index contributed by atoms with van der Waals surface area (Å²) in [6.07, 6.45) is 1.37. The number of aromatic nitrogens is 1. The van der Waals surface area contributed by atoms with E-state index in [9.17, 15) is 19.7 Å². The Kier molecular flexibility index (Phi) is 3.60. The van der Waals surface area contributed by atoms with E-state index in [1.807, 2.05) is 0 Å². The van der Waals surface area contributed by atoms with Crippen molar-refractivity contribution >= 4 is 17.3 Å². The fourth-order valence-corrected chi connectivity index (χ4v) is 1.73. The molecule has 0 saturated heterocycles. The topological polar surface area (TPSA) is 105 Å². The predicted molar refractivity (Wildman–Crippen MR) is 72.8 cm³/mol. The molecular formula is C13H11N3O4. The molecule has 0 aliphatic heterocycles. The van der Waals surface area contributed by atoms with Gasteiger partial charge in [-0.05, 0) is 25.1 Å². The smallest absolute Gasteiger partial charge is 0.272 e. The largest absolute Gasteiger partial charge is 0.329 e. The number of nitro benzene ring substituents is 1. The van der Waals surface area contributed by atoms with Crippen molar-refractivity contribution in [3.8, 4) is 0 Å². The zero-order valence-corrected chi connectivity index (χ0v) is 10.5. The zero-order valence-electron chi connectivity index (χ0n) is 10.5. The highest BCUT2D eigenvalue weighted by Crippen LogP contribution is 2.21. The van der Waals surface area contributed by atoms with Crippen LogP contribution in [-0.4, -0.2) is 15.8 Å². The van der Waals surface area contributed by atoms with Gasteiger partial charge in [0.15, 0.2) is 0 Å². The maximum atomic E-state index is 11.9. The molecule has 102 valence electrons. The number of pyridine rings is 1. The SMILES string of the molecule is Cc1cc(NC(=O)c2cc[nH]c(=O)c2)ccc1[N+](=O)[O-]. The molecule has 0 atom stereocenters. The van der Waals surface area contributed by atoms with Gasteiger partial charge in [0.05, 0.1) is 4.92 Å². The quantitative estimate of drug-likeness (QED) is 0.657. The third-order valence-electron chi connectivity index (χ3n) is 2.69. The number of nitro groups is 1. The van der Waals surface area contributed by atoms with Crippen molar-refractivity contribution in [2.75, 3.05) is 5.32 Å². The van der Waals surface area contributed by atoms with Crippen LogP contribution in [0.25, 0.3) is 0 Å². The van der Waals surface area contributed by atoms with Crippen molar-refractivity contribution in [2.45, 2.75) is 6.92 Å². The third-order valence-corrected chi connectivity index (χ3v) is 2.69. The summed E-state index contributed by atoms with van der Waals surface area (Å²) in [6.45, 7) is 1.58. The van der Waals surface area contributed by atoms with E-state index in [2.05, 4.69) is 10.3 Å². The number of carbonyl (C=O) groups is 1. The lowest BCUT2D eigenvalue weighted by atomic mass is 10.1. The number of anilines is 1. The van der Waals surface area contributed by atoms with Crippen LogP contribution in [0.1, 0.15) is 15.9 Å². The Morgan fingerprint density at radius 3 is 2.65 bits per heavy atom. The molecule has 0 bridgehead atoms. The monoisotopic (exact) mass is 273 g/mol. The molecule has 0 spiro atoms. The first-order valence-electron chi connectivity index (χ1n) is 5.72. The molecule has 0 saturated carbocycles. The Bertz CT molecular complexity index is 736. The molecule has 2 N–H and O–H groups in total. The van der Waals surface area contributed by atoms with Gasteiger partial charge in [-0.15, -0.1) is 0 Å². The van der Waals surface area contributed by atoms with E-state index in [0.29, 0.717) is 11.3 Å². The molecule has 0 aliphatic carbocycles. The van der Waals surface area contributed by atoms with Crippen molar-refractivity contribution in [3.05, 3.63) is 68.1 Å². The van der Waals surface area contributed by atoms with Gasteiger partial charge in [-0.1, -0.05) is 0 Å². The second-order valence-electron chi connectivity index (χ2n) is 4.15. The van der Waals surface area contributed by atoms with Gasteiger partial charge in [-0.25, -0.2) is 0 Å². The Morgan fingerprint density at radius 1 is 1.30 bits per heavy atom. The number of amides is 1. The first-order valence-corrected chi connectivity index (χ1v) is 5.72. The van der Waals surface area contributed by atoms with Gasteiger partial charge in [0, 0.05) is 35.1 Å². The Hall–Kier alpha value is -2.96. The Balaban J connectivity index is 2.22. The lowest BCUT2D eigenvalue weighted by Gasteiger charge is -2.06. The van der Waals surface area contributed by atoms with Gasteiger partial charge in [-0.2, -0.15) is 0 Å². The number of aromatic amines is 1. The van der Waals surface area contributed by atoms with E-state index in [1.165, 1.54) is 36.5 Å². The molecule has 1 aromatic carbocycles. The van der Waals surface area contributed by atoms with Crippen molar-refractivity contribution in [1.29, 1.82) is 0 Å². The molecule has 7 nitrogen and oxygen atoms in total. The number of nitrogens with zero attached hydrogens (tertiary/aromatic N) is 1. The number of carbonyl (C=O) groups excluding carboxylic acids is 1. The number of H-pyrrole nitrogens is 1. The minimum absolute atomic E-state index is 0.0147. The number of nitrogens with one attached hydrogen (secondary N) is 2. The maximum Gasteiger partial charge on any atom is 0.272 e. The molecule has 0 fully saturated rings. The summed E-state index contributed by atoms with van der Waals surface area (Å²) in [5, 5.41) is 13.3. The van der Waals surface area contributed by atoms with Gasteiger partial charge in [0.25, 0.3) is 11.6 Å². The van der Waals surface area contributed by atoms with Crippen molar-refractivity contribution < 1.29 is 9.72 Å². The summed E-state index contributed by atoms with van der Waals surface area (Å²) in [5.74, 6) is -0.454. The zero-order chi connectivity index (χ0) is 14.7. The molecule has 0 radical (unpaired) electrons. The van der Waals surface area contributed by atoms with Gasteiger partial charge in [0.2, 0.25) is 5.56 Å². The fourth-order valence-electron chi connectivity index (χ4n) is 1.73. The molecule has 2 aromatic rings. The van der Waals surface area contributed by atoms with Gasteiger partial charge in [0.1, 0.15) is 0 Å². The minimum atomic E-state index is -0.488. The molecule has 1 heterocycles. The summed E-state index contributed by atoms with van der Waals surface area (Å²) in [4.78, 5) is 35.6. The highest BCUT2D eigenvalue weighted by atomic mass is 16.6. The van der Waals surface area contributed by atoms with Gasteiger partial charge >= 0.3 is 0 Å². The summed E-state index contributed by atoms with van der Waals surface area (Å²) in [7, 11) is 0. The lowest BCUT2D eigenvalue weighted by molar-refractivity contribution is -0.385. The van der Waals surface area contributed by atoms with Crippen molar-refractivity contribution in [3.63, 3.8) is 0 Å². The number of benzene rings is 1. The van der Waals surface area contributed by atoms with E-state index < -0.39 is 10.8 Å². The van der Waals surface area contributed by atoms with Crippen LogP contribution in [0.4, 0.5) is 11.4 Å². The molecule has 0 unspecified atom stereocenters. The van der Waals surface area contributed by atoms with E-state index in [1.54, 1.807) is 6.92 Å². The van der Waals surface area contributed by atoms with Gasteiger partial charge in [-0.3, -0.25) is 19.7 Å². The molecule has 1 amide bonds.